The third-order valence-electron chi connectivity index (χ3n) is 6.00. The Morgan fingerprint density at radius 1 is 1.19 bits per heavy atom. The monoisotopic (exact) mass is 422 g/mol. The van der Waals surface area contributed by atoms with Gasteiger partial charge >= 0.3 is 6.03 Å². The van der Waals surface area contributed by atoms with E-state index in [1.54, 1.807) is 13.3 Å². The molecule has 1 unspecified atom stereocenters. The highest BCUT2D eigenvalue weighted by Gasteiger charge is 2.28. The molecule has 1 N–H and O–H groups in total. The SMILES string of the molecule is COC1CC(N2CCN(C(=O)N[C@H](C)c3ccccc3)CC2)=CC=C1c1cnc(C)o1. The van der Waals surface area contributed by atoms with Crippen LogP contribution in [0.5, 0.6) is 0 Å². The van der Waals surface area contributed by atoms with Gasteiger partial charge in [0.2, 0.25) is 0 Å². The molecule has 2 aromatic rings. The summed E-state index contributed by atoms with van der Waals surface area (Å²) in [6, 6.07) is 10.0. The highest BCUT2D eigenvalue weighted by atomic mass is 16.5. The van der Waals surface area contributed by atoms with Gasteiger partial charge in [-0.3, -0.25) is 0 Å². The Labute approximate surface area is 183 Å². The standard InChI is InChI=1S/C24H30N4O3/c1-17(19-7-5-4-6-8-19)26-24(29)28-13-11-27(12-14-28)20-9-10-21(22(15-20)30-3)23-16-25-18(2)31-23/h4-10,16-17,22H,11-15H2,1-3H3,(H,26,29)/t17-,22?/m1/s1. The minimum atomic E-state index is -0.0691. The number of amides is 2. The number of carbonyl (C=O) groups is 1. The van der Waals surface area contributed by atoms with Gasteiger partial charge in [-0.25, -0.2) is 9.78 Å². The van der Waals surface area contributed by atoms with Gasteiger partial charge in [-0.1, -0.05) is 36.4 Å². The number of urea groups is 1. The Kier molecular flexibility index (Phi) is 6.42. The van der Waals surface area contributed by atoms with E-state index in [-0.39, 0.29) is 18.2 Å². The lowest BCUT2D eigenvalue weighted by atomic mass is 9.96. The van der Waals surface area contributed by atoms with Crippen molar-refractivity contribution in [3.8, 4) is 0 Å². The van der Waals surface area contributed by atoms with Gasteiger partial charge in [-0.05, 0) is 18.6 Å². The van der Waals surface area contributed by atoms with E-state index in [9.17, 15) is 4.79 Å². The van der Waals surface area contributed by atoms with Crippen LogP contribution in [0, 0.1) is 6.92 Å². The molecule has 1 aromatic heterocycles. The number of hydrogen-bond donors (Lipinski definition) is 1. The van der Waals surface area contributed by atoms with E-state index in [2.05, 4.69) is 27.4 Å². The normalized spacial score (nSPS) is 20.2. The molecule has 7 nitrogen and oxygen atoms in total. The lowest BCUT2D eigenvalue weighted by Crippen LogP contribution is -2.52. The van der Waals surface area contributed by atoms with Gasteiger partial charge in [0.25, 0.3) is 0 Å². The van der Waals surface area contributed by atoms with E-state index in [4.69, 9.17) is 9.15 Å². The third-order valence-corrected chi connectivity index (χ3v) is 6.00. The molecule has 2 heterocycles. The Balaban J connectivity index is 1.34. The van der Waals surface area contributed by atoms with Gasteiger partial charge < -0.3 is 24.3 Å². The van der Waals surface area contributed by atoms with Gasteiger partial charge in [0.05, 0.1) is 18.3 Å². The van der Waals surface area contributed by atoms with Crippen LogP contribution < -0.4 is 5.32 Å². The number of benzene rings is 1. The third kappa shape index (κ3) is 4.82. The van der Waals surface area contributed by atoms with Crippen molar-refractivity contribution in [1.82, 2.24) is 20.1 Å². The quantitative estimate of drug-likeness (QED) is 0.795. The summed E-state index contributed by atoms with van der Waals surface area (Å²) >= 11 is 0. The van der Waals surface area contributed by atoms with Crippen molar-refractivity contribution in [2.45, 2.75) is 32.4 Å². The second-order valence-electron chi connectivity index (χ2n) is 8.01. The summed E-state index contributed by atoms with van der Waals surface area (Å²) in [5.41, 5.74) is 3.35. The molecule has 0 saturated carbocycles. The maximum Gasteiger partial charge on any atom is 0.317 e. The Morgan fingerprint density at radius 3 is 2.58 bits per heavy atom. The molecule has 1 aliphatic heterocycles. The van der Waals surface area contributed by atoms with Crippen LogP contribution in [0.3, 0.4) is 0 Å². The van der Waals surface area contributed by atoms with Gasteiger partial charge in [0, 0.05) is 57.9 Å². The van der Waals surface area contributed by atoms with E-state index in [1.165, 1.54) is 5.70 Å². The predicted octanol–water partition coefficient (Wildman–Crippen LogP) is 3.76. The molecule has 1 fully saturated rings. The zero-order valence-corrected chi connectivity index (χ0v) is 18.4. The van der Waals surface area contributed by atoms with E-state index >= 15 is 0 Å². The summed E-state index contributed by atoms with van der Waals surface area (Å²) < 4.78 is 11.4. The van der Waals surface area contributed by atoms with Crippen LogP contribution in [-0.4, -0.2) is 60.2 Å². The first-order valence-electron chi connectivity index (χ1n) is 10.8. The molecule has 0 bridgehead atoms. The number of rotatable bonds is 5. The summed E-state index contributed by atoms with van der Waals surface area (Å²) in [6.07, 6.45) is 6.66. The second kappa shape index (κ2) is 9.39. The number of carbonyl (C=O) groups excluding carboxylic acids is 1. The van der Waals surface area contributed by atoms with Gasteiger partial charge in [-0.2, -0.15) is 0 Å². The number of aryl methyl sites for hydroxylation is 1. The number of piperazine rings is 1. The van der Waals surface area contributed by atoms with Crippen molar-refractivity contribution in [2.75, 3.05) is 33.3 Å². The number of ether oxygens (including phenoxy) is 1. The van der Waals surface area contributed by atoms with Gasteiger partial charge in [0.1, 0.15) is 0 Å². The molecule has 1 saturated heterocycles. The van der Waals surface area contributed by atoms with Crippen LogP contribution in [0.15, 0.2) is 58.8 Å². The lowest BCUT2D eigenvalue weighted by molar-refractivity contribution is 0.123. The number of allylic oxidation sites excluding steroid dienone is 2. The maximum atomic E-state index is 12.7. The summed E-state index contributed by atoms with van der Waals surface area (Å²) in [5, 5.41) is 3.11. The molecule has 2 atom stereocenters. The van der Waals surface area contributed by atoms with E-state index in [1.807, 2.05) is 49.1 Å². The molecular weight excluding hydrogens is 392 g/mol. The lowest BCUT2D eigenvalue weighted by Gasteiger charge is -2.39. The van der Waals surface area contributed by atoms with Crippen molar-refractivity contribution < 1.29 is 13.9 Å². The zero-order chi connectivity index (χ0) is 21.8. The summed E-state index contributed by atoms with van der Waals surface area (Å²) in [7, 11) is 1.72. The van der Waals surface area contributed by atoms with Crippen LogP contribution in [0.4, 0.5) is 4.79 Å². The number of aromatic nitrogens is 1. The number of oxazole rings is 1. The fraction of sp³-hybridized carbons (Fsp3) is 0.417. The molecule has 1 aliphatic carbocycles. The van der Waals surface area contributed by atoms with E-state index in [0.29, 0.717) is 19.0 Å². The second-order valence-corrected chi connectivity index (χ2v) is 8.01. The molecule has 164 valence electrons. The van der Waals surface area contributed by atoms with Crippen LogP contribution in [0.25, 0.3) is 5.57 Å². The molecular formula is C24H30N4O3. The maximum absolute atomic E-state index is 12.7. The average molecular weight is 423 g/mol. The van der Waals surface area contributed by atoms with Crippen molar-refractivity contribution in [3.63, 3.8) is 0 Å². The van der Waals surface area contributed by atoms with Crippen LogP contribution in [-0.2, 0) is 4.74 Å². The molecule has 4 rings (SSSR count). The first-order chi connectivity index (χ1) is 15.0. The number of nitrogens with zero attached hydrogens (tertiary/aromatic N) is 3. The molecule has 1 aromatic carbocycles. The fourth-order valence-corrected chi connectivity index (χ4v) is 4.14. The molecule has 2 aliphatic rings. The highest BCUT2D eigenvalue weighted by molar-refractivity contribution is 5.75. The summed E-state index contributed by atoms with van der Waals surface area (Å²) in [6.45, 7) is 6.85. The summed E-state index contributed by atoms with van der Waals surface area (Å²) in [4.78, 5) is 21.1. The van der Waals surface area contributed by atoms with Gasteiger partial charge in [0.15, 0.2) is 11.7 Å². The van der Waals surface area contributed by atoms with Crippen LogP contribution >= 0.6 is 0 Å². The first-order valence-corrected chi connectivity index (χ1v) is 10.8. The molecule has 0 spiro atoms. The smallest absolute Gasteiger partial charge is 0.317 e. The molecule has 0 radical (unpaired) electrons. The Hall–Kier alpha value is -3.06. The fourth-order valence-electron chi connectivity index (χ4n) is 4.14. The van der Waals surface area contributed by atoms with Crippen molar-refractivity contribution in [3.05, 3.63) is 71.6 Å². The largest absolute Gasteiger partial charge is 0.441 e. The predicted molar refractivity (Wildman–Crippen MR) is 119 cm³/mol. The minimum absolute atomic E-state index is 0.00809. The summed E-state index contributed by atoms with van der Waals surface area (Å²) in [5.74, 6) is 1.41. The Bertz CT molecular complexity index is 958. The zero-order valence-electron chi connectivity index (χ0n) is 18.4. The number of nitrogens with one attached hydrogen (secondary N) is 1. The topological polar surface area (TPSA) is 70.8 Å². The van der Waals surface area contributed by atoms with Crippen molar-refractivity contribution >= 4 is 11.6 Å². The Morgan fingerprint density at radius 2 is 1.94 bits per heavy atom. The van der Waals surface area contributed by atoms with Crippen molar-refractivity contribution in [1.29, 1.82) is 0 Å². The van der Waals surface area contributed by atoms with Crippen LogP contribution in [0.1, 0.15) is 36.6 Å². The number of methoxy groups -OCH3 is 1. The van der Waals surface area contributed by atoms with E-state index < -0.39 is 0 Å². The molecule has 31 heavy (non-hydrogen) atoms. The average Bonchev–Trinajstić information content (AvgIpc) is 3.25. The van der Waals surface area contributed by atoms with E-state index in [0.717, 1.165) is 36.4 Å². The van der Waals surface area contributed by atoms with Gasteiger partial charge in [-0.15, -0.1) is 0 Å². The number of hydrogen-bond acceptors (Lipinski definition) is 5. The first kappa shape index (κ1) is 21.2. The molecule has 7 heteroatoms. The van der Waals surface area contributed by atoms with Crippen LogP contribution in [0.2, 0.25) is 0 Å². The minimum Gasteiger partial charge on any atom is -0.441 e. The highest BCUT2D eigenvalue weighted by Crippen LogP contribution is 2.31. The van der Waals surface area contributed by atoms with Crippen molar-refractivity contribution in [2.24, 2.45) is 0 Å². The molecule has 2 amide bonds.